The van der Waals surface area contributed by atoms with Crippen molar-refractivity contribution in [1.29, 1.82) is 0 Å². The summed E-state index contributed by atoms with van der Waals surface area (Å²) in [4.78, 5) is 29.6. The van der Waals surface area contributed by atoms with Gasteiger partial charge in [-0.25, -0.2) is 24.1 Å². The molecule has 0 unspecified atom stereocenters. The second-order valence-corrected chi connectivity index (χ2v) is 9.81. The standard InChI is InChI=1S/C26H21ClFN5O4S/c1-13-4-5-16(10-29-13)31-26(34)36-12-14(2)37-21-9-22-19(8-18(21)28)33-25(38-22)17-6-15(27)7-20-24(17)30-11-23(32-20)35-3/h4-11,14H,12H2,1-3H3,(H,31,34)/t14-/m0/s1. The average molecular weight is 554 g/mol. The van der Waals surface area contributed by atoms with Gasteiger partial charge < -0.3 is 14.2 Å². The quantitative estimate of drug-likeness (QED) is 0.246. The highest BCUT2D eigenvalue weighted by molar-refractivity contribution is 7.21. The van der Waals surface area contributed by atoms with Crippen molar-refractivity contribution in [3.8, 4) is 22.2 Å². The number of ether oxygens (including phenoxy) is 3. The van der Waals surface area contributed by atoms with Gasteiger partial charge in [-0.15, -0.1) is 11.3 Å². The number of carbonyl (C=O) groups excluding carboxylic acids is 1. The molecule has 1 atom stereocenters. The third kappa shape index (κ3) is 5.58. The lowest BCUT2D eigenvalue weighted by Gasteiger charge is -2.15. The second-order valence-electron chi connectivity index (χ2n) is 8.34. The van der Waals surface area contributed by atoms with E-state index in [1.54, 1.807) is 37.3 Å². The fraction of sp³-hybridized carbons (Fsp3) is 0.192. The molecule has 0 aliphatic carbocycles. The van der Waals surface area contributed by atoms with E-state index in [1.807, 2.05) is 6.92 Å². The molecule has 2 aromatic carbocycles. The summed E-state index contributed by atoms with van der Waals surface area (Å²) in [6.45, 7) is 3.43. The summed E-state index contributed by atoms with van der Waals surface area (Å²) in [6.07, 6.45) is 1.77. The molecule has 3 heterocycles. The van der Waals surface area contributed by atoms with E-state index >= 15 is 0 Å². The molecule has 5 aromatic rings. The van der Waals surface area contributed by atoms with E-state index in [2.05, 4.69) is 25.3 Å². The van der Waals surface area contributed by atoms with E-state index < -0.39 is 18.0 Å². The largest absolute Gasteiger partial charge is 0.484 e. The molecule has 0 aliphatic rings. The molecule has 0 aliphatic heterocycles. The van der Waals surface area contributed by atoms with Crippen LogP contribution in [0, 0.1) is 12.7 Å². The molecule has 38 heavy (non-hydrogen) atoms. The number of pyridine rings is 1. The fourth-order valence-electron chi connectivity index (χ4n) is 3.61. The van der Waals surface area contributed by atoms with E-state index in [1.165, 1.54) is 36.9 Å². The predicted molar refractivity (Wildman–Crippen MR) is 144 cm³/mol. The number of aromatic nitrogens is 4. The van der Waals surface area contributed by atoms with Crippen molar-refractivity contribution in [2.24, 2.45) is 0 Å². The first-order valence-electron chi connectivity index (χ1n) is 11.4. The smallest absolute Gasteiger partial charge is 0.411 e. The van der Waals surface area contributed by atoms with Gasteiger partial charge in [0.1, 0.15) is 17.7 Å². The lowest BCUT2D eigenvalue weighted by Crippen LogP contribution is -2.24. The zero-order valence-corrected chi connectivity index (χ0v) is 22.1. The van der Waals surface area contributed by atoms with Crippen LogP contribution in [0.1, 0.15) is 12.6 Å². The number of nitrogens with one attached hydrogen (secondary N) is 1. The zero-order valence-electron chi connectivity index (χ0n) is 20.5. The summed E-state index contributed by atoms with van der Waals surface area (Å²) in [5.41, 5.74) is 3.61. The first-order valence-corrected chi connectivity index (χ1v) is 12.6. The molecule has 0 saturated carbocycles. The summed E-state index contributed by atoms with van der Waals surface area (Å²) >= 11 is 7.66. The number of nitrogens with zero attached hydrogens (tertiary/aromatic N) is 4. The molecule has 0 spiro atoms. The summed E-state index contributed by atoms with van der Waals surface area (Å²) in [6, 6.07) is 9.79. The molecule has 1 amide bonds. The SMILES string of the molecule is COc1cnc2c(-c3nc4cc(F)c(O[C@@H](C)COC(=O)Nc5ccc(C)nc5)cc4s3)cc(Cl)cc2n1. The molecule has 1 N–H and O–H groups in total. The summed E-state index contributed by atoms with van der Waals surface area (Å²) in [5, 5.41) is 3.64. The van der Waals surface area contributed by atoms with Crippen LogP contribution in [0.25, 0.3) is 31.8 Å². The summed E-state index contributed by atoms with van der Waals surface area (Å²) in [5.74, 6) is -0.203. The molecule has 0 radical (unpaired) electrons. The van der Waals surface area contributed by atoms with Gasteiger partial charge in [0, 0.05) is 28.4 Å². The molecule has 194 valence electrons. The molecule has 9 nitrogen and oxygen atoms in total. The fourth-order valence-corrected chi connectivity index (χ4v) is 4.81. The van der Waals surface area contributed by atoms with E-state index in [9.17, 15) is 9.18 Å². The Morgan fingerprint density at radius 2 is 1.97 bits per heavy atom. The summed E-state index contributed by atoms with van der Waals surface area (Å²) in [7, 11) is 1.51. The van der Waals surface area contributed by atoms with Crippen LogP contribution in [0.2, 0.25) is 5.02 Å². The number of hydrogen-bond donors (Lipinski definition) is 1. The van der Waals surface area contributed by atoms with Crippen molar-refractivity contribution in [2.45, 2.75) is 20.0 Å². The van der Waals surface area contributed by atoms with Gasteiger partial charge in [0.15, 0.2) is 11.6 Å². The lowest BCUT2D eigenvalue weighted by molar-refractivity contribution is 0.0969. The third-order valence-corrected chi connectivity index (χ3v) is 6.68. The zero-order chi connectivity index (χ0) is 26.8. The van der Waals surface area contributed by atoms with E-state index in [0.29, 0.717) is 48.4 Å². The Morgan fingerprint density at radius 1 is 1.13 bits per heavy atom. The number of rotatable bonds is 7. The molecule has 12 heteroatoms. The Morgan fingerprint density at radius 3 is 2.74 bits per heavy atom. The van der Waals surface area contributed by atoms with Crippen LogP contribution in [-0.2, 0) is 4.74 Å². The number of fused-ring (bicyclic) bond motifs is 2. The molecule has 5 rings (SSSR count). The van der Waals surface area contributed by atoms with Crippen molar-refractivity contribution < 1.29 is 23.4 Å². The van der Waals surface area contributed by atoms with Gasteiger partial charge in [0.25, 0.3) is 0 Å². The Kier molecular flexibility index (Phi) is 7.21. The van der Waals surface area contributed by atoms with E-state index in [-0.39, 0.29) is 12.4 Å². The maximum Gasteiger partial charge on any atom is 0.411 e. The van der Waals surface area contributed by atoms with Gasteiger partial charge in [0.2, 0.25) is 5.88 Å². The topological polar surface area (TPSA) is 108 Å². The van der Waals surface area contributed by atoms with Crippen molar-refractivity contribution in [3.63, 3.8) is 0 Å². The number of anilines is 1. The van der Waals surface area contributed by atoms with Gasteiger partial charge in [-0.2, -0.15) is 0 Å². The van der Waals surface area contributed by atoms with Crippen LogP contribution in [0.5, 0.6) is 11.6 Å². The van der Waals surface area contributed by atoms with Crippen LogP contribution in [0.4, 0.5) is 14.9 Å². The van der Waals surface area contributed by atoms with Gasteiger partial charge >= 0.3 is 6.09 Å². The Balaban J connectivity index is 1.32. The lowest BCUT2D eigenvalue weighted by atomic mass is 10.2. The second kappa shape index (κ2) is 10.7. The Bertz CT molecular complexity index is 1650. The van der Waals surface area contributed by atoms with Gasteiger partial charge in [-0.1, -0.05) is 11.6 Å². The molecule has 0 fully saturated rings. The molecular weight excluding hydrogens is 533 g/mol. The number of hydrogen-bond acceptors (Lipinski definition) is 9. The number of aryl methyl sites for hydroxylation is 1. The monoisotopic (exact) mass is 553 g/mol. The predicted octanol–water partition coefficient (Wildman–Crippen LogP) is 6.43. The van der Waals surface area contributed by atoms with Crippen LogP contribution >= 0.6 is 22.9 Å². The first kappa shape index (κ1) is 25.6. The minimum atomic E-state index is -0.663. The molecular formula is C26H21ClFN5O4S. The number of halogens is 2. The van der Waals surface area contributed by atoms with E-state index in [0.717, 1.165) is 5.69 Å². The Labute approximate surface area is 225 Å². The summed E-state index contributed by atoms with van der Waals surface area (Å²) < 4.78 is 31.6. The molecule has 3 aromatic heterocycles. The normalized spacial score (nSPS) is 11.9. The van der Waals surface area contributed by atoms with Crippen molar-refractivity contribution in [2.75, 3.05) is 19.0 Å². The maximum absolute atomic E-state index is 14.9. The minimum absolute atomic E-state index is 0.0208. The van der Waals surface area contributed by atoms with Crippen LogP contribution in [-0.4, -0.2) is 45.8 Å². The number of carbonyl (C=O) groups is 1. The van der Waals surface area contributed by atoms with Crippen LogP contribution in [0.3, 0.4) is 0 Å². The maximum atomic E-state index is 14.9. The highest BCUT2D eigenvalue weighted by Gasteiger charge is 2.18. The molecule has 0 bridgehead atoms. The number of methoxy groups -OCH3 is 1. The van der Waals surface area contributed by atoms with Crippen molar-refractivity contribution >= 4 is 56.0 Å². The van der Waals surface area contributed by atoms with Crippen molar-refractivity contribution in [1.82, 2.24) is 19.9 Å². The molecule has 0 saturated heterocycles. The van der Waals surface area contributed by atoms with Crippen LogP contribution < -0.4 is 14.8 Å². The first-order chi connectivity index (χ1) is 18.3. The minimum Gasteiger partial charge on any atom is -0.484 e. The highest BCUT2D eigenvalue weighted by Crippen LogP contribution is 2.37. The van der Waals surface area contributed by atoms with Gasteiger partial charge in [-0.3, -0.25) is 10.3 Å². The number of amides is 1. The highest BCUT2D eigenvalue weighted by atomic mass is 35.5. The number of thiazole rings is 1. The third-order valence-electron chi connectivity index (χ3n) is 5.41. The Hall–Kier alpha value is -4.09. The van der Waals surface area contributed by atoms with Gasteiger partial charge in [0.05, 0.1) is 46.4 Å². The average Bonchev–Trinajstić information content (AvgIpc) is 3.30. The van der Waals surface area contributed by atoms with Gasteiger partial charge in [-0.05, 0) is 38.1 Å². The van der Waals surface area contributed by atoms with Crippen LogP contribution in [0.15, 0.2) is 48.8 Å². The van der Waals surface area contributed by atoms with E-state index in [4.69, 9.17) is 25.8 Å². The number of benzene rings is 2. The van der Waals surface area contributed by atoms with Crippen molar-refractivity contribution in [3.05, 3.63) is 65.3 Å².